The van der Waals surface area contributed by atoms with Gasteiger partial charge in [0, 0.05) is 5.69 Å². The molecule has 0 aromatic heterocycles. The van der Waals surface area contributed by atoms with E-state index in [4.69, 9.17) is 0 Å². The van der Waals surface area contributed by atoms with Crippen molar-refractivity contribution in [3.63, 3.8) is 0 Å². The Morgan fingerprint density at radius 2 is 1.95 bits per heavy atom. The lowest BCUT2D eigenvalue weighted by molar-refractivity contribution is -0.920. The molecule has 2 rings (SSSR count). The average molecular weight is 308 g/mol. The predicted octanol–water partition coefficient (Wildman–Crippen LogP) is 0.338. The number of anilines is 1. The first-order valence-electron chi connectivity index (χ1n) is 7.71. The van der Waals surface area contributed by atoms with E-state index in [9.17, 15) is 14.0 Å². The molecule has 0 spiro atoms. The Balaban J connectivity index is 1.71. The van der Waals surface area contributed by atoms with Crippen LogP contribution in [-0.2, 0) is 9.59 Å². The molecule has 120 valence electrons. The maximum Gasteiger partial charge on any atom is 0.275 e. The van der Waals surface area contributed by atoms with Gasteiger partial charge in [-0.25, -0.2) is 4.39 Å². The van der Waals surface area contributed by atoms with Crippen LogP contribution < -0.4 is 15.5 Å². The van der Waals surface area contributed by atoms with Crippen molar-refractivity contribution < 1.29 is 18.9 Å². The summed E-state index contributed by atoms with van der Waals surface area (Å²) in [5, 5.41) is 5.25. The first kappa shape index (κ1) is 16.4. The highest BCUT2D eigenvalue weighted by Crippen LogP contribution is 2.07. The van der Waals surface area contributed by atoms with Crippen LogP contribution in [0.25, 0.3) is 0 Å². The third-order valence-corrected chi connectivity index (χ3v) is 4.04. The van der Waals surface area contributed by atoms with E-state index in [1.54, 1.807) is 0 Å². The zero-order valence-corrected chi connectivity index (χ0v) is 12.8. The second-order valence-corrected chi connectivity index (χ2v) is 5.81. The molecule has 1 aromatic rings. The van der Waals surface area contributed by atoms with E-state index in [0.717, 1.165) is 19.4 Å². The van der Waals surface area contributed by atoms with E-state index in [2.05, 4.69) is 17.6 Å². The number of carbonyl (C=O) groups is 2. The van der Waals surface area contributed by atoms with Gasteiger partial charge in [-0.3, -0.25) is 9.59 Å². The molecule has 6 heteroatoms. The molecule has 5 nitrogen and oxygen atoms in total. The zero-order chi connectivity index (χ0) is 15.9. The number of hydrogen-bond acceptors (Lipinski definition) is 2. The van der Waals surface area contributed by atoms with Gasteiger partial charge >= 0.3 is 0 Å². The average Bonchev–Trinajstić information content (AvgIpc) is 2.50. The van der Waals surface area contributed by atoms with Crippen LogP contribution in [0.3, 0.4) is 0 Å². The Hall–Kier alpha value is -1.95. The van der Waals surface area contributed by atoms with E-state index < -0.39 is 0 Å². The van der Waals surface area contributed by atoms with Crippen molar-refractivity contribution in [3.05, 3.63) is 30.1 Å². The summed E-state index contributed by atoms with van der Waals surface area (Å²) in [6, 6.07) is 6.00. The van der Waals surface area contributed by atoms with Crippen molar-refractivity contribution >= 4 is 17.5 Å². The molecule has 2 atom stereocenters. The largest absolute Gasteiger partial charge is 0.342 e. The van der Waals surface area contributed by atoms with Gasteiger partial charge in [0.25, 0.3) is 5.91 Å². The molecular weight excluding hydrogens is 285 g/mol. The SMILES string of the molecule is C[C@@H]1CCCC[NH+]1CC(=O)NCC(=O)Nc1ccc(F)cc1. The first-order chi connectivity index (χ1) is 10.5. The lowest BCUT2D eigenvalue weighted by atomic mass is 10.0. The van der Waals surface area contributed by atoms with Crippen molar-refractivity contribution in [3.8, 4) is 0 Å². The second-order valence-electron chi connectivity index (χ2n) is 5.81. The van der Waals surface area contributed by atoms with E-state index in [1.807, 2.05) is 0 Å². The standard InChI is InChI=1S/C16H22FN3O2/c1-12-4-2-3-9-20(12)11-16(22)18-10-15(21)19-14-7-5-13(17)6-8-14/h5-8,12H,2-4,9-11H2,1H3,(H,18,22)(H,19,21)/p+1/t12-/m1/s1. The molecule has 2 amide bonds. The van der Waals surface area contributed by atoms with Gasteiger partial charge in [0.05, 0.1) is 19.1 Å². The topological polar surface area (TPSA) is 62.6 Å². The summed E-state index contributed by atoms with van der Waals surface area (Å²) in [6.07, 6.45) is 3.53. The highest BCUT2D eigenvalue weighted by Gasteiger charge is 2.24. The first-order valence-corrected chi connectivity index (χ1v) is 7.71. The van der Waals surface area contributed by atoms with Crippen molar-refractivity contribution in [1.82, 2.24) is 5.32 Å². The Morgan fingerprint density at radius 1 is 1.23 bits per heavy atom. The number of piperidine rings is 1. The molecule has 0 aliphatic carbocycles. The van der Waals surface area contributed by atoms with Crippen molar-refractivity contribution in [2.45, 2.75) is 32.2 Å². The number of nitrogens with one attached hydrogen (secondary N) is 3. The number of carbonyl (C=O) groups excluding carboxylic acids is 2. The van der Waals surface area contributed by atoms with Gasteiger partial charge in [-0.15, -0.1) is 0 Å². The summed E-state index contributed by atoms with van der Waals surface area (Å²) in [6.45, 7) is 3.50. The maximum atomic E-state index is 12.8. The summed E-state index contributed by atoms with van der Waals surface area (Å²) < 4.78 is 12.8. The van der Waals surface area contributed by atoms with E-state index in [1.165, 1.54) is 35.6 Å². The lowest BCUT2D eigenvalue weighted by Crippen LogP contribution is -3.17. The Labute approximate surface area is 129 Å². The summed E-state index contributed by atoms with van der Waals surface area (Å²) in [5.41, 5.74) is 0.510. The summed E-state index contributed by atoms with van der Waals surface area (Å²) in [4.78, 5) is 24.9. The Kier molecular flexibility index (Phi) is 5.89. The summed E-state index contributed by atoms with van der Waals surface area (Å²) >= 11 is 0. The molecule has 0 radical (unpaired) electrons. The smallest absolute Gasteiger partial charge is 0.275 e. The van der Waals surface area contributed by atoms with Crippen LogP contribution in [0, 0.1) is 5.82 Å². The minimum atomic E-state index is -0.357. The van der Waals surface area contributed by atoms with E-state index in [-0.39, 0.29) is 24.2 Å². The van der Waals surface area contributed by atoms with Gasteiger partial charge in [0.1, 0.15) is 5.82 Å². The van der Waals surface area contributed by atoms with Crippen LogP contribution in [0.15, 0.2) is 24.3 Å². The second kappa shape index (κ2) is 7.89. The Morgan fingerprint density at radius 3 is 2.64 bits per heavy atom. The molecule has 1 saturated heterocycles. The van der Waals surface area contributed by atoms with Crippen LogP contribution in [0.1, 0.15) is 26.2 Å². The highest BCUT2D eigenvalue weighted by molar-refractivity contribution is 5.94. The number of amides is 2. The lowest BCUT2D eigenvalue weighted by Gasteiger charge is -2.29. The number of rotatable bonds is 5. The Bertz CT molecular complexity index is 519. The maximum absolute atomic E-state index is 12.8. The van der Waals surface area contributed by atoms with E-state index in [0.29, 0.717) is 18.3 Å². The van der Waals surface area contributed by atoms with Crippen LogP contribution in [0.5, 0.6) is 0 Å². The molecule has 0 bridgehead atoms. The number of hydrogen-bond donors (Lipinski definition) is 3. The van der Waals surface area contributed by atoms with E-state index >= 15 is 0 Å². The fourth-order valence-electron chi connectivity index (χ4n) is 2.70. The molecule has 0 saturated carbocycles. The highest BCUT2D eigenvalue weighted by atomic mass is 19.1. The van der Waals surface area contributed by atoms with Crippen molar-refractivity contribution in [1.29, 1.82) is 0 Å². The summed E-state index contributed by atoms with van der Waals surface area (Å²) in [7, 11) is 0. The number of halogens is 1. The molecule has 1 aliphatic rings. The van der Waals surface area contributed by atoms with Gasteiger partial charge in [-0.2, -0.15) is 0 Å². The molecule has 1 unspecified atom stereocenters. The summed E-state index contributed by atoms with van der Waals surface area (Å²) in [5.74, 6) is -0.787. The normalized spacial score (nSPS) is 21.2. The van der Waals surface area contributed by atoms with Crippen LogP contribution in [-0.4, -0.2) is 37.5 Å². The minimum Gasteiger partial charge on any atom is -0.342 e. The number of benzene rings is 1. The quantitative estimate of drug-likeness (QED) is 0.734. The van der Waals surface area contributed by atoms with Gasteiger partial charge in [-0.05, 0) is 50.5 Å². The number of quaternary nitrogens is 1. The van der Waals surface area contributed by atoms with Crippen molar-refractivity contribution in [2.75, 3.05) is 25.0 Å². The van der Waals surface area contributed by atoms with Crippen molar-refractivity contribution in [2.24, 2.45) is 0 Å². The third kappa shape index (κ3) is 5.11. The minimum absolute atomic E-state index is 0.0716. The third-order valence-electron chi connectivity index (χ3n) is 4.04. The van der Waals surface area contributed by atoms with Crippen LogP contribution >= 0.6 is 0 Å². The van der Waals surface area contributed by atoms with Crippen LogP contribution in [0.4, 0.5) is 10.1 Å². The molecule has 1 heterocycles. The van der Waals surface area contributed by atoms with Gasteiger partial charge < -0.3 is 15.5 Å². The fourth-order valence-corrected chi connectivity index (χ4v) is 2.70. The van der Waals surface area contributed by atoms with Gasteiger partial charge in [0.2, 0.25) is 5.91 Å². The molecule has 1 aliphatic heterocycles. The number of likely N-dealkylation sites (tertiary alicyclic amines) is 1. The molecule has 1 fully saturated rings. The zero-order valence-electron chi connectivity index (χ0n) is 12.8. The van der Waals surface area contributed by atoms with Gasteiger partial charge in [0.15, 0.2) is 6.54 Å². The molecule has 22 heavy (non-hydrogen) atoms. The fraction of sp³-hybridized carbons (Fsp3) is 0.500. The predicted molar refractivity (Wildman–Crippen MR) is 82.0 cm³/mol. The molecule has 3 N–H and O–H groups in total. The molecule has 1 aromatic carbocycles. The monoisotopic (exact) mass is 308 g/mol. The molecular formula is C16H23FN3O2+. The van der Waals surface area contributed by atoms with Crippen LogP contribution in [0.2, 0.25) is 0 Å². The van der Waals surface area contributed by atoms with Gasteiger partial charge in [-0.1, -0.05) is 0 Å².